The van der Waals surface area contributed by atoms with Crippen molar-refractivity contribution in [1.82, 2.24) is 9.13 Å². The summed E-state index contributed by atoms with van der Waals surface area (Å²) >= 11 is 2.74. The van der Waals surface area contributed by atoms with E-state index in [2.05, 4.69) is 9.98 Å². The molecule has 0 unspecified atom stereocenters. The van der Waals surface area contributed by atoms with Gasteiger partial charge in [0, 0.05) is 26.9 Å². The van der Waals surface area contributed by atoms with Crippen LogP contribution in [-0.4, -0.2) is 47.1 Å². The van der Waals surface area contributed by atoms with Gasteiger partial charge in [0.2, 0.25) is 11.8 Å². The summed E-state index contributed by atoms with van der Waals surface area (Å²) in [7, 11) is 6.40. The van der Waals surface area contributed by atoms with Crippen molar-refractivity contribution in [3.63, 3.8) is 0 Å². The third kappa shape index (κ3) is 7.48. The van der Waals surface area contributed by atoms with E-state index in [0.29, 0.717) is 33.6 Å². The Morgan fingerprint density at radius 2 is 1.02 bits per heavy atom. The number of hydrogen-bond acceptors (Lipinski definition) is 8. The van der Waals surface area contributed by atoms with E-state index in [0.717, 1.165) is 59.0 Å². The standard InChI is InChI=1S/C30H34N4O6S2/c1-33-21-15-13-19(27(37)39-3)17-23(21)41-29(33)31-25(35)11-9-7-5-6-8-10-12-26(36)32-30-34(2)22-16-14-20(28(38)40-4)18-24(22)42-30/h13-18H,5-12H2,1-4H3. The average molecular weight is 611 g/mol. The molecule has 2 aromatic heterocycles. The minimum atomic E-state index is -0.400. The lowest BCUT2D eigenvalue weighted by Gasteiger charge is -2.00. The van der Waals surface area contributed by atoms with Gasteiger partial charge in [-0.05, 0) is 49.2 Å². The predicted octanol–water partition coefficient (Wildman–Crippen LogP) is 5.04. The Balaban J connectivity index is 1.18. The average Bonchev–Trinajstić information content (AvgIpc) is 3.47. The maximum Gasteiger partial charge on any atom is 0.337 e. The molecule has 0 fully saturated rings. The van der Waals surface area contributed by atoms with Gasteiger partial charge in [0.25, 0.3) is 0 Å². The van der Waals surface area contributed by atoms with E-state index in [4.69, 9.17) is 9.47 Å². The lowest BCUT2D eigenvalue weighted by molar-refractivity contribution is -0.119. The zero-order valence-electron chi connectivity index (χ0n) is 24.2. The monoisotopic (exact) mass is 610 g/mol. The molecule has 0 aliphatic heterocycles. The summed E-state index contributed by atoms with van der Waals surface area (Å²) < 4.78 is 15.0. The van der Waals surface area contributed by atoms with E-state index < -0.39 is 11.9 Å². The Hall–Kier alpha value is -3.90. The van der Waals surface area contributed by atoms with Gasteiger partial charge < -0.3 is 18.6 Å². The number of amides is 2. The Bertz CT molecular complexity index is 1650. The van der Waals surface area contributed by atoms with E-state index in [1.54, 1.807) is 24.3 Å². The van der Waals surface area contributed by atoms with Crippen LogP contribution >= 0.6 is 22.7 Å². The fourth-order valence-corrected chi connectivity index (χ4v) is 6.71. The van der Waals surface area contributed by atoms with Gasteiger partial charge in [0.1, 0.15) is 0 Å². The highest BCUT2D eigenvalue weighted by Gasteiger charge is 2.12. The van der Waals surface area contributed by atoms with E-state index in [-0.39, 0.29) is 11.8 Å². The molecule has 0 bridgehead atoms. The number of thiazole rings is 2. The van der Waals surface area contributed by atoms with Gasteiger partial charge in [-0.1, -0.05) is 48.4 Å². The van der Waals surface area contributed by atoms with Crippen LogP contribution in [-0.2, 0) is 33.2 Å². The van der Waals surface area contributed by atoms with Crippen LogP contribution in [0.2, 0.25) is 0 Å². The summed E-state index contributed by atoms with van der Waals surface area (Å²) in [6.45, 7) is 0. The van der Waals surface area contributed by atoms with Crippen molar-refractivity contribution in [3.8, 4) is 0 Å². The van der Waals surface area contributed by atoms with Gasteiger partial charge in [-0.3, -0.25) is 9.59 Å². The highest BCUT2D eigenvalue weighted by atomic mass is 32.1. The van der Waals surface area contributed by atoms with Crippen LogP contribution in [0.4, 0.5) is 0 Å². The smallest absolute Gasteiger partial charge is 0.337 e. The number of rotatable bonds is 11. The van der Waals surface area contributed by atoms with Crippen LogP contribution in [0.15, 0.2) is 46.4 Å². The molecule has 42 heavy (non-hydrogen) atoms. The second-order valence-electron chi connectivity index (χ2n) is 9.87. The molecule has 0 spiro atoms. The number of unbranched alkanes of at least 4 members (excludes halogenated alkanes) is 5. The van der Waals surface area contributed by atoms with Gasteiger partial charge in [-0.15, -0.1) is 0 Å². The van der Waals surface area contributed by atoms with Crippen molar-refractivity contribution >= 4 is 66.9 Å². The highest BCUT2D eigenvalue weighted by molar-refractivity contribution is 7.16. The molecule has 2 amide bonds. The fourth-order valence-electron chi connectivity index (χ4n) is 4.56. The molecule has 0 aliphatic carbocycles. The molecule has 0 atom stereocenters. The zero-order valence-corrected chi connectivity index (χ0v) is 25.8. The molecule has 0 radical (unpaired) electrons. The quantitative estimate of drug-likeness (QED) is 0.173. The lowest BCUT2D eigenvalue weighted by Crippen LogP contribution is -2.13. The van der Waals surface area contributed by atoms with Gasteiger partial charge in [-0.2, -0.15) is 9.98 Å². The first-order valence-corrected chi connectivity index (χ1v) is 15.4. The predicted molar refractivity (Wildman–Crippen MR) is 162 cm³/mol. The van der Waals surface area contributed by atoms with Crippen LogP contribution in [0.25, 0.3) is 20.4 Å². The molecule has 0 N–H and O–H groups in total. The molecule has 2 aromatic carbocycles. The van der Waals surface area contributed by atoms with Crippen LogP contribution in [0.3, 0.4) is 0 Å². The number of aromatic nitrogens is 2. The maximum absolute atomic E-state index is 12.4. The lowest BCUT2D eigenvalue weighted by atomic mass is 10.1. The molecule has 0 aliphatic rings. The van der Waals surface area contributed by atoms with Crippen molar-refractivity contribution in [2.24, 2.45) is 24.1 Å². The molecule has 12 heteroatoms. The molecular weight excluding hydrogens is 576 g/mol. The fraction of sp³-hybridized carbons (Fsp3) is 0.400. The van der Waals surface area contributed by atoms with Gasteiger partial charge in [0.05, 0.1) is 45.8 Å². The number of hydrogen-bond donors (Lipinski definition) is 0. The van der Waals surface area contributed by atoms with Crippen molar-refractivity contribution in [2.45, 2.75) is 51.4 Å². The molecule has 0 saturated heterocycles. The molecule has 2 heterocycles. The number of nitrogens with zero attached hydrogens (tertiary/aromatic N) is 4. The summed E-state index contributed by atoms with van der Waals surface area (Å²) in [5.74, 6) is -1.12. The first-order chi connectivity index (χ1) is 20.2. The van der Waals surface area contributed by atoms with Gasteiger partial charge >= 0.3 is 11.9 Å². The SMILES string of the molecule is COC(=O)c1ccc2c(c1)sc(=NC(=O)CCCCCCCCC(=O)N=c1sc3cc(C(=O)OC)ccc3n1C)n2C. The number of benzene rings is 2. The summed E-state index contributed by atoms with van der Waals surface area (Å²) in [6, 6.07) is 10.6. The van der Waals surface area contributed by atoms with Crippen LogP contribution in [0.1, 0.15) is 72.1 Å². The van der Waals surface area contributed by atoms with Crippen molar-refractivity contribution in [3.05, 3.63) is 57.1 Å². The van der Waals surface area contributed by atoms with E-state index in [1.165, 1.54) is 36.9 Å². The third-order valence-electron chi connectivity index (χ3n) is 6.93. The summed E-state index contributed by atoms with van der Waals surface area (Å²) in [5, 5.41) is 0. The topological polar surface area (TPSA) is 121 Å². The maximum atomic E-state index is 12.4. The molecule has 4 aromatic rings. The number of fused-ring (bicyclic) bond motifs is 2. The largest absolute Gasteiger partial charge is 0.465 e. The van der Waals surface area contributed by atoms with Crippen molar-refractivity contribution in [1.29, 1.82) is 0 Å². The molecule has 222 valence electrons. The normalized spacial score (nSPS) is 12.3. The second kappa shape index (κ2) is 14.3. The number of esters is 2. The first kappa shape index (κ1) is 31.0. The molecular formula is C30H34N4O6S2. The van der Waals surface area contributed by atoms with Crippen molar-refractivity contribution in [2.75, 3.05) is 14.2 Å². The van der Waals surface area contributed by atoms with Crippen molar-refractivity contribution < 1.29 is 28.7 Å². The minimum Gasteiger partial charge on any atom is -0.465 e. The zero-order chi connectivity index (χ0) is 30.2. The van der Waals surface area contributed by atoms with Crippen LogP contribution in [0.5, 0.6) is 0 Å². The van der Waals surface area contributed by atoms with Crippen LogP contribution in [0, 0.1) is 0 Å². The molecule has 4 rings (SSSR count). The Morgan fingerprint density at radius 3 is 1.40 bits per heavy atom. The van der Waals surface area contributed by atoms with Crippen LogP contribution < -0.4 is 9.60 Å². The summed E-state index contributed by atoms with van der Waals surface area (Å²) in [5.41, 5.74) is 2.73. The first-order valence-electron chi connectivity index (χ1n) is 13.7. The summed E-state index contributed by atoms with van der Waals surface area (Å²) in [6.07, 6.45) is 6.10. The Kier molecular flexibility index (Phi) is 10.6. The highest BCUT2D eigenvalue weighted by Crippen LogP contribution is 2.20. The second-order valence-corrected chi connectivity index (χ2v) is 11.9. The number of carbonyl (C=O) groups is 4. The Labute approximate surface area is 250 Å². The van der Waals surface area contributed by atoms with Gasteiger partial charge in [0.15, 0.2) is 9.60 Å². The molecule has 10 nitrogen and oxygen atoms in total. The third-order valence-corrected chi connectivity index (χ3v) is 9.12. The minimum absolute atomic E-state index is 0.159. The molecule has 0 saturated carbocycles. The van der Waals surface area contributed by atoms with E-state index >= 15 is 0 Å². The van der Waals surface area contributed by atoms with E-state index in [9.17, 15) is 19.2 Å². The number of ether oxygens (including phenoxy) is 2. The number of methoxy groups -OCH3 is 2. The number of carbonyl (C=O) groups excluding carboxylic acids is 4. The summed E-state index contributed by atoms with van der Waals surface area (Å²) in [4.78, 5) is 58.2. The number of aryl methyl sites for hydroxylation is 2. The Morgan fingerprint density at radius 1 is 0.643 bits per heavy atom. The van der Waals surface area contributed by atoms with E-state index in [1.807, 2.05) is 35.4 Å². The van der Waals surface area contributed by atoms with Gasteiger partial charge in [-0.25, -0.2) is 9.59 Å².